The molecule has 0 bridgehead atoms. The topological polar surface area (TPSA) is 105 Å². The van der Waals surface area contributed by atoms with E-state index in [4.69, 9.17) is 9.47 Å². The molecule has 0 aromatic heterocycles. The molecule has 9 nitrogen and oxygen atoms in total. The van der Waals surface area contributed by atoms with Gasteiger partial charge in [-0.05, 0) is 25.0 Å². The maximum Gasteiger partial charge on any atom is 0.247 e. The highest BCUT2D eigenvalue weighted by atomic mass is 32.2. The van der Waals surface area contributed by atoms with E-state index >= 15 is 0 Å². The average molecular weight is 423 g/mol. The van der Waals surface area contributed by atoms with Crippen molar-refractivity contribution in [2.75, 3.05) is 33.9 Å². The van der Waals surface area contributed by atoms with E-state index in [2.05, 4.69) is 5.32 Å². The van der Waals surface area contributed by atoms with Gasteiger partial charge < -0.3 is 19.7 Å². The molecule has 1 atom stereocenters. The van der Waals surface area contributed by atoms with Crippen LogP contribution in [0.5, 0.6) is 11.5 Å². The largest absolute Gasteiger partial charge is 0.497 e. The Balaban J connectivity index is 1.41. The molecule has 2 heterocycles. The summed E-state index contributed by atoms with van der Waals surface area (Å²) < 4.78 is 37.7. The van der Waals surface area contributed by atoms with Crippen molar-refractivity contribution < 1.29 is 27.5 Å². The number of nitrogens with one attached hydrogen (secondary N) is 1. The molecule has 1 unspecified atom stereocenters. The molecule has 10 heteroatoms. The van der Waals surface area contributed by atoms with Crippen LogP contribution in [0.3, 0.4) is 0 Å². The average Bonchev–Trinajstić information content (AvgIpc) is 3.40. The van der Waals surface area contributed by atoms with Crippen LogP contribution in [0.1, 0.15) is 19.3 Å². The quantitative estimate of drug-likeness (QED) is 0.672. The standard InChI is InChI=1S/C19H25N3O6S/c1-27-15-5-6-16(28-2)17(8-15)29(25,26)21-10-14(11-21)22-9-12(7-18(22)23)19(24)20-13-3-4-13/h5-6,8,12-14H,3-4,7,9-11H2,1-2H3,(H,20,24). The summed E-state index contributed by atoms with van der Waals surface area (Å²) >= 11 is 0. The summed E-state index contributed by atoms with van der Waals surface area (Å²) in [6.45, 7) is 0.745. The van der Waals surface area contributed by atoms with E-state index in [1.165, 1.54) is 24.6 Å². The fourth-order valence-corrected chi connectivity index (χ4v) is 5.43. The van der Waals surface area contributed by atoms with Gasteiger partial charge >= 0.3 is 0 Å². The van der Waals surface area contributed by atoms with Crippen LogP contribution in [0.2, 0.25) is 0 Å². The van der Waals surface area contributed by atoms with E-state index < -0.39 is 10.0 Å². The molecule has 0 radical (unpaired) electrons. The number of hydrogen-bond donors (Lipinski definition) is 1. The molecule has 3 fully saturated rings. The normalized spacial score (nSPS) is 23.0. The van der Waals surface area contributed by atoms with E-state index in [0.29, 0.717) is 12.3 Å². The summed E-state index contributed by atoms with van der Waals surface area (Å²) in [6.07, 6.45) is 2.18. The molecule has 29 heavy (non-hydrogen) atoms. The summed E-state index contributed by atoms with van der Waals surface area (Å²) in [7, 11) is -0.907. The predicted molar refractivity (Wildman–Crippen MR) is 103 cm³/mol. The third-order valence-electron chi connectivity index (χ3n) is 5.71. The van der Waals surface area contributed by atoms with Gasteiger partial charge in [-0.2, -0.15) is 4.31 Å². The van der Waals surface area contributed by atoms with Crippen LogP contribution in [-0.4, -0.2) is 75.4 Å². The maximum atomic E-state index is 13.0. The number of amides is 2. The first-order valence-electron chi connectivity index (χ1n) is 9.65. The van der Waals surface area contributed by atoms with Gasteiger partial charge in [0.25, 0.3) is 0 Å². The van der Waals surface area contributed by atoms with E-state index in [1.807, 2.05) is 0 Å². The van der Waals surface area contributed by atoms with Gasteiger partial charge in [0.2, 0.25) is 21.8 Å². The maximum absolute atomic E-state index is 13.0. The van der Waals surface area contributed by atoms with Gasteiger partial charge in [0.15, 0.2) is 0 Å². The van der Waals surface area contributed by atoms with Gasteiger partial charge in [-0.25, -0.2) is 8.42 Å². The molecule has 4 rings (SSSR count). The monoisotopic (exact) mass is 423 g/mol. The van der Waals surface area contributed by atoms with Gasteiger partial charge in [0, 0.05) is 38.2 Å². The van der Waals surface area contributed by atoms with E-state index in [1.54, 1.807) is 17.0 Å². The number of ether oxygens (including phenoxy) is 2. The van der Waals surface area contributed by atoms with E-state index in [-0.39, 0.29) is 60.0 Å². The summed E-state index contributed by atoms with van der Waals surface area (Å²) in [5.74, 6) is 0.131. The van der Waals surface area contributed by atoms with Crippen molar-refractivity contribution in [2.45, 2.75) is 36.2 Å². The molecule has 1 saturated carbocycles. The summed E-state index contributed by atoms with van der Waals surface area (Å²) in [6, 6.07) is 4.66. The van der Waals surface area contributed by atoms with Crippen molar-refractivity contribution in [1.82, 2.24) is 14.5 Å². The molecule has 2 aliphatic heterocycles. The molecule has 1 aliphatic carbocycles. The van der Waals surface area contributed by atoms with Gasteiger partial charge in [-0.15, -0.1) is 0 Å². The van der Waals surface area contributed by atoms with E-state index in [9.17, 15) is 18.0 Å². The molecule has 158 valence electrons. The van der Waals surface area contributed by atoms with Crippen molar-refractivity contribution in [3.8, 4) is 11.5 Å². The van der Waals surface area contributed by atoms with Crippen LogP contribution in [0.15, 0.2) is 23.1 Å². The zero-order chi connectivity index (χ0) is 20.8. The Labute approximate surface area is 170 Å². The lowest BCUT2D eigenvalue weighted by atomic mass is 10.1. The summed E-state index contributed by atoms with van der Waals surface area (Å²) in [5, 5.41) is 2.94. The van der Waals surface area contributed by atoms with Gasteiger partial charge in [-0.1, -0.05) is 0 Å². The Bertz CT molecular complexity index is 924. The minimum absolute atomic E-state index is 0.0345. The molecule has 1 aromatic rings. The lowest BCUT2D eigenvalue weighted by Crippen LogP contribution is -2.61. The third-order valence-corrected chi connectivity index (χ3v) is 7.56. The van der Waals surface area contributed by atoms with E-state index in [0.717, 1.165) is 12.8 Å². The Kier molecular flexibility index (Phi) is 5.16. The molecule has 1 aromatic carbocycles. The zero-order valence-electron chi connectivity index (χ0n) is 16.5. The van der Waals surface area contributed by atoms with Crippen LogP contribution in [0.4, 0.5) is 0 Å². The summed E-state index contributed by atoms with van der Waals surface area (Å²) in [4.78, 5) is 26.3. The molecular weight excluding hydrogens is 398 g/mol. The Hall–Kier alpha value is -2.33. The van der Waals surface area contributed by atoms with Gasteiger partial charge in [0.1, 0.15) is 16.4 Å². The highest BCUT2D eigenvalue weighted by molar-refractivity contribution is 7.89. The Morgan fingerprint density at radius 3 is 2.48 bits per heavy atom. The Morgan fingerprint density at radius 1 is 1.14 bits per heavy atom. The molecule has 2 saturated heterocycles. The minimum atomic E-state index is -3.78. The molecular formula is C19H25N3O6S. The smallest absolute Gasteiger partial charge is 0.247 e. The zero-order valence-corrected chi connectivity index (χ0v) is 17.3. The second-order valence-electron chi connectivity index (χ2n) is 7.72. The number of likely N-dealkylation sites (tertiary alicyclic amines) is 1. The predicted octanol–water partition coefficient (Wildman–Crippen LogP) is 0.204. The molecule has 2 amide bonds. The minimum Gasteiger partial charge on any atom is -0.497 e. The van der Waals surface area contributed by atoms with Crippen LogP contribution < -0.4 is 14.8 Å². The van der Waals surface area contributed by atoms with Gasteiger partial charge in [0.05, 0.1) is 26.2 Å². The number of methoxy groups -OCH3 is 2. The van der Waals surface area contributed by atoms with Crippen LogP contribution in [0, 0.1) is 5.92 Å². The lowest BCUT2D eigenvalue weighted by Gasteiger charge is -2.43. The number of benzene rings is 1. The van der Waals surface area contributed by atoms with Crippen LogP contribution in [0.25, 0.3) is 0 Å². The van der Waals surface area contributed by atoms with Gasteiger partial charge in [-0.3, -0.25) is 9.59 Å². The van der Waals surface area contributed by atoms with Crippen LogP contribution in [-0.2, 0) is 19.6 Å². The summed E-state index contributed by atoms with van der Waals surface area (Å²) in [5.41, 5.74) is 0. The number of rotatable bonds is 7. The highest BCUT2D eigenvalue weighted by Crippen LogP contribution is 2.34. The SMILES string of the molecule is COc1ccc(OC)c(S(=O)(=O)N2CC(N3CC(C(=O)NC4CC4)CC3=O)C2)c1. The van der Waals surface area contributed by atoms with Crippen molar-refractivity contribution in [1.29, 1.82) is 0 Å². The number of carbonyl (C=O) groups is 2. The lowest BCUT2D eigenvalue weighted by molar-refractivity contribution is -0.132. The highest BCUT2D eigenvalue weighted by Gasteiger charge is 2.46. The first-order valence-corrected chi connectivity index (χ1v) is 11.1. The fourth-order valence-electron chi connectivity index (χ4n) is 3.74. The molecule has 0 spiro atoms. The first-order chi connectivity index (χ1) is 13.8. The molecule has 1 N–H and O–H groups in total. The fraction of sp³-hybridized carbons (Fsp3) is 0.579. The van der Waals surface area contributed by atoms with Crippen molar-refractivity contribution in [3.05, 3.63) is 18.2 Å². The number of hydrogen-bond acceptors (Lipinski definition) is 6. The van der Waals surface area contributed by atoms with Crippen molar-refractivity contribution >= 4 is 21.8 Å². The third kappa shape index (κ3) is 3.78. The van der Waals surface area contributed by atoms with Crippen LogP contribution >= 0.6 is 0 Å². The Morgan fingerprint density at radius 2 is 1.86 bits per heavy atom. The van der Waals surface area contributed by atoms with Crippen molar-refractivity contribution in [2.24, 2.45) is 5.92 Å². The van der Waals surface area contributed by atoms with Crippen molar-refractivity contribution in [3.63, 3.8) is 0 Å². The molecule has 3 aliphatic rings. The second kappa shape index (κ2) is 7.49. The second-order valence-corrected chi connectivity index (χ2v) is 9.63. The first kappa shape index (κ1) is 20.0. The number of sulfonamides is 1. The number of nitrogens with zero attached hydrogens (tertiary/aromatic N) is 2. The number of carbonyl (C=O) groups excluding carboxylic acids is 2.